The first-order valence-corrected chi connectivity index (χ1v) is 10.4. The Morgan fingerprint density at radius 3 is 2.87 bits per heavy atom. The van der Waals surface area contributed by atoms with E-state index >= 15 is 0 Å². The van der Waals surface area contributed by atoms with Crippen LogP contribution in [-0.2, 0) is 29.5 Å². The van der Waals surface area contributed by atoms with Crippen LogP contribution in [0.2, 0.25) is 0 Å². The summed E-state index contributed by atoms with van der Waals surface area (Å²) in [6.07, 6.45) is 0.0632. The fourth-order valence-corrected chi connectivity index (χ4v) is 4.47. The SMILES string of the molecule is Cc1ccsc1CN1CCn2nc(C(O)CS(C)(=O)=O)cc2C1. The van der Waals surface area contributed by atoms with Crippen molar-refractivity contribution in [2.45, 2.75) is 32.7 Å². The van der Waals surface area contributed by atoms with Gasteiger partial charge in [0.05, 0.1) is 23.7 Å². The predicted molar refractivity (Wildman–Crippen MR) is 90.1 cm³/mol. The van der Waals surface area contributed by atoms with Gasteiger partial charge < -0.3 is 5.11 Å². The van der Waals surface area contributed by atoms with Crippen molar-refractivity contribution in [2.75, 3.05) is 18.6 Å². The van der Waals surface area contributed by atoms with E-state index in [0.717, 1.165) is 38.1 Å². The number of sulfone groups is 1. The van der Waals surface area contributed by atoms with E-state index in [1.165, 1.54) is 10.4 Å². The van der Waals surface area contributed by atoms with Crippen molar-refractivity contribution in [3.8, 4) is 0 Å². The Morgan fingerprint density at radius 1 is 1.43 bits per heavy atom. The monoisotopic (exact) mass is 355 g/mol. The Hall–Kier alpha value is -1.22. The Bertz CT molecular complexity index is 795. The van der Waals surface area contributed by atoms with Crippen LogP contribution in [0.15, 0.2) is 17.5 Å². The Balaban J connectivity index is 1.70. The van der Waals surface area contributed by atoms with Gasteiger partial charge in [-0.25, -0.2) is 8.42 Å². The molecule has 8 heteroatoms. The molecule has 0 saturated carbocycles. The van der Waals surface area contributed by atoms with Gasteiger partial charge in [-0.2, -0.15) is 5.10 Å². The standard InChI is InChI=1S/C15H21N3O3S2/c1-11-3-6-22-15(11)9-17-4-5-18-12(8-17)7-13(16-18)14(19)10-23(2,20)21/h3,6-7,14,19H,4-5,8-10H2,1-2H3. The van der Waals surface area contributed by atoms with Crippen LogP contribution in [0.4, 0.5) is 0 Å². The Kier molecular flexibility index (Phi) is 4.59. The number of aromatic nitrogens is 2. The molecule has 0 aliphatic carbocycles. The molecule has 6 nitrogen and oxygen atoms in total. The molecule has 0 radical (unpaired) electrons. The largest absolute Gasteiger partial charge is 0.386 e. The average molecular weight is 355 g/mol. The lowest BCUT2D eigenvalue weighted by Crippen LogP contribution is -2.33. The lowest BCUT2D eigenvalue weighted by Gasteiger charge is -2.27. The van der Waals surface area contributed by atoms with Gasteiger partial charge in [0.25, 0.3) is 0 Å². The number of aliphatic hydroxyl groups excluding tert-OH is 1. The third-order valence-corrected chi connectivity index (χ3v) is 5.96. The summed E-state index contributed by atoms with van der Waals surface area (Å²) in [5, 5.41) is 16.5. The van der Waals surface area contributed by atoms with Crippen LogP contribution in [0.25, 0.3) is 0 Å². The number of aryl methyl sites for hydroxylation is 1. The van der Waals surface area contributed by atoms with Gasteiger partial charge in [0.1, 0.15) is 15.9 Å². The summed E-state index contributed by atoms with van der Waals surface area (Å²) in [6, 6.07) is 3.96. The van der Waals surface area contributed by atoms with Crippen LogP contribution in [0.3, 0.4) is 0 Å². The van der Waals surface area contributed by atoms with E-state index in [9.17, 15) is 13.5 Å². The normalized spacial score (nSPS) is 17.2. The van der Waals surface area contributed by atoms with Gasteiger partial charge in [0.2, 0.25) is 0 Å². The summed E-state index contributed by atoms with van der Waals surface area (Å²) in [7, 11) is -3.23. The zero-order valence-electron chi connectivity index (χ0n) is 13.3. The second kappa shape index (κ2) is 6.35. The minimum absolute atomic E-state index is 0.290. The third kappa shape index (κ3) is 4.00. The molecule has 0 aromatic carbocycles. The molecule has 1 aliphatic rings. The quantitative estimate of drug-likeness (QED) is 0.876. The van der Waals surface area contributed by atoms with Gasteiger partial charge >= 0.3 is 0 Å². The first-order valence-electron chi connectivity index (χ1n) is 7.49. The molecule has 1 aliphatic heterocycles. The maximum absolute atomic E-state index is 11.3. The van der Waals surface area contributed by atoms with Crippen LogP contribution >= 0.6 is 11.3 Å². The van der Waals surface area contributed by atoms with E-state index in [0.29, 0.717) is 5.69 Å². The van der Waals surface area contributed by atoms with Gasteiger partial charge in [-0.15, -0.1) is 11.3 Å². The van der Waals surface area contributed by atoms with Crippen molar-refractivity contribution >= 4 is 21.2 Å². The molecular weight excluding hydrogens is 334 g/mol. The van der Waals surface area contributed by atoms with Crippen molar-refractivity contribution in [2.24, 2.45) is 0 Å². The topological polar surface area (TPSA) is 75.4 Å². The number of thiophene rings is 1. The number of rotatable bonds is 5. The number of hydrogen-bond donors (Lipinski definition) is 1. The summed E-state index contributed by atoms with van der Waals surface area (Å²) < 4.78 is 24.5. The van der Waals surface area contributed by atoms with Gasteiger partial charge in [-0.3, -0.25) is 9.58 Å². The molecule has 23 heavy (non-hydrogen) atoms. The summed E-state index contributed by atoms with van der Waals surface area (Å²) in [6.45, 7) is 5.45. The van der Waals surface area contributed by atoms with E-state index in [-0.39, 0.29) is 5.75 Å². The molecule has 1 N–H and O–H groups in total. The van der Waals surface area contributed by atoms with Crippen LogP contribution in [-0.4, -0.2) is 46.8 Å². The lowest BCUT2D eigenvalue weighted by molar-refractivity contribution is 0.191. The molecule has 0 saturated heterocycles. The molecule has 3 rings (SSSR count). The fourth-order valence-electron chi connectivity index (χ4n) is 2.78. The number of aliphatic hydroxyl groups is 1. The van der Waals surface area contributed by atoms with Gasteiger partial charge in [-0.1, -0.05) is 0 Å². The lowest BCUT2D eigenvalue weighted by atomic mass is 10.2. The second-order valence-corrected chi connectivity index (χ2v) is 9.31. The van der Waals surface area contributed by atoms with E-state index in [2.05, 4.69) is 28.4 Å². The molecule has 126 valence electrons. The smallest absolute Gasteiger partial charge is 0.150 e. The fraction of sp³-hybridized carbons (Fsp3) is 0.533. The highest BCUT2D eigenvalue weighted by atomic mass is 32.2. The summed E-state index contributed by atoms with van der Waals surface area (Å²) in [5.41, 5.74) is 2.78. The molecule has 1 atom stereocenters. The highest BCUT2D eigenvalue weighted by molar-refractivity contribution is 7.90. The Labute approximate surface area is 140 Å². The summed E-state index contributed by atoms with van der Waals surface area (Å²) in [4.78, 5) is 3.72. The van der Waals surface area contributed by atoms with Crippen LogP contribution in [0, 0.1) is 6.92 Å². The first kappa shape index (κ1) is 16.6. The summed E-state index contributed by atoms with van der Waals surface area (Å²) in [5.74, 6) is -0.290. The van der Waals surface area contributed by atoms with Crippen LogP contribution in [0.5, 0.6) is 0 Å². The molecule has 1 unspecified atom stereocenters. The highest BCUT2D eigenvalue weighted by Crippen LogP contribution is 2.23. The third-order valence-electron chi connectivity index (χ3n) is 4.03. The first-order chi connectivity index (χ1) is 10.8. The average Bonchev–Trinajstić information content (AvgIpc) is 3.03. The van der Waals surface area contributed by atoms with E-state index in [1.807, 2.05) is 10.7 Å². The molecule has 0 fully saturated rings. The minimum atomic E-state index is -3.23. The van der Waals surface area contributed by atoms with E-state index < -0.39 is 15.9 Å². The molecule has 0 amide bonds. The minimum Gasteiger partial charge on any atom is -0.386 e. The number of hydrogen-bond acceptors (Lipinski definition) is 6. The highest BCUT2D eigenvalue weighted by Gasteiger charge is 2.23. The maximum Gasteiger partial charge on any atom is 0.150 e. The zero-order valence-corrected chi connectivity index (χ0v) is 14.9. The van der Waals surface area contributed by atoms with Gasteiger partial charge in [-0.05, 0) is 30.0 Å². The molecule has 0 spiro atoms. The molecule has 2 aromatic heterocycles. The maximum atomic E-state index is 11.3. The number of nitrogens with zero attached hydrogens (tertiary/aromatic N) is 3. The van der Waals surface area contributed by atoms with Gasteiger partial charge in [0, 0.05) is 30.8 Å². The molecule has 3 heterocycles. The number of fused-ring (bicyclic) bond motifs is 1. The zero-order chi connectivity index (χ0) is 16.6. The van der Waals surface area contributed by atoms with E-state index in [4.69, 9.17) is 0 Å². The molecular formula is C15H21N3O3S2. The van der Waals surface area contributed by atoms with Crippen molar-refractivity contribution in [3.05, 3.63) is 39.3 Å². The second-order valence-electron chi connectivity index (χ2n) is 6.13. The molecule has 2 aromatic rings. The van der Waals surface area contributed by atoms with E-state index in [1.54, 1.807) is 11.3 Å². The molecule has 0 bridgehead atoms. The van der Waals surface area contributed by atoms with Crippen molar-refractivity contribution in [1.82, 2.24) is 14.7 Å². The predicted octanol–water partition coefficient (Wildman–Crippen LogP) is 1.35. The van der Waals surface area contributed by atoms with Crippen molar-refractivity contribution in [1.29, 1.82) is 0 Å². The van der Waals surface area contributed by atoms with Crippen molar-refractivity contribution in [3.63, 3.8) is 0 Å². The summed E-state index contributed by atoms with van der Waals surface area (Å²) >= 11 is 1.77. The van der Waals surface area contributed by atoms with Crippen LogP contribution in [0.1, 0.15) is 27.9 Å². The Morgan fingerprint density at radius 2 is 2.22 bits per heavy atom. The van der Waals surface area contributed by atoms with Crippen molar-refractivity contribution < 1.29 is 13.5 Å². The van der Waals surface area contributed by atoms with Gasteiger partial charge in [0.15, 0.2) is 0 Å². The van der Waals surface area contributed by atoms with Crippen LogP contribution < -0.4 is 0 Å².